The van der Waals surface area contributed by atoms with E-state index in [4.69, 9.17) is 5.11 Å². The molecule has 0 aromatic heterocycles. The monoisotopic (exact) mass is 280 g/mol. The average molecular weight is 280 g/mol. The van der Waals surface area contributed by atoms with Gasteiger partial charge in [0, 0.05) is 3.57 Å². The Labute approximate surface area is 82.5 Å². The Hall–Kier alpha value is -0.650. The first-order valence-electron chi connectivity index (χ1n) is 3.21. The molecule has 0 unspecified atom stereocenters. The molecule has 0 aliphatic carbocycles. The van der Waals surface area contributed by atoms with E-state index in [2.05, 4.69) is 0 Å². The van der Waals surface area contributed by atoms with Crippen molar-refractivity contribution < 1.29 is 14.3 Å². The standard InChI is InChI=1S/C8H6FIO2/c1-4-2-5(9)3-6(7(4)10)8(11)12/h2-3H,1H3,(H,11,12). The maximum absolute atomic E-state index is 12.7. The lowest BCUT2D eigenvalue weighted by Gasteiger charge is -2.02. The van der Waals surface area contributed by atoms with Crippen LogP contribution in [0.1, 0.15) is 15.9 Å². The van der Waals surface area contributed by atoms with E-state index in [1.807, 2.05) is 22.6 Å². The number of hydrogen-bond acceptors (Lipinski definition) is 1. The average Bonchev–Trinajstić information content (AvgIpc) is 1.96. The van der Waals surface area contributed by atoms with Gasteiger partial charge in [-0.05, 0) is 47.2 Å². The van der Waals surface area contributed by atoms with Crippen LogP contribution >= 0.6 is 22.6 Å². The molecule has 1 N–H and O–H groups in total. The van der Waals surface area contributed by atoms with E-state index in [0.29, 0.717) is 9.13 Å². The molecule has 0 fully saturated rings. The van der Waals surface area contributed by atoms with Gasteiger partial charge in [-0.25, -0.2) is 9.18 Å². The summed E-state index contributed by atoms with van der Waals surface area (Å²) in [7, 11) is 0. The summed E-state index contributed by atoms with van der Waals surface area (Å²) < 4.78 is 13.3. The van der Waals surface area contributed by atoms with Gasteiger partial charge in [-0.1, -0.05) is 0 Å². The Morgan fingerprint density at radius 2 is 2.17 bits per heavy atom. The second-order valence-corrected chi connectivity index (χ2v) is 3.47. The summed E-state index contributed by atoms with van der Waals surface area (Å²) in [5, 5.41) is 8.64. The molecule has 12 heavy (non-hydrogen) atoms. The first-order valence-corrected chi connectivity index (χ1v) is 4.29. The molecule has 0 saturated carbocycles. The van der Waals surface area contributed by atoms with Gasteiger partial charge in [-0.3, -0.25) is 0 Å². The summed E-state index contributed by atoms with van der Waals surface area (Å²) in [5.41, 5.74) is 0.668. The molecular formula is C8H6FIO2. The molecule has 0 saturated heterocycles. The Kier molecular flexibility index (Phi) is 2.66. The van der Waals surface area contributed by atoms with Crippen molar-refractivity contribution in [1.29, 1.82) is 0 Å². The molecule has 1 aromatic carbocycles. The number of benzene rings is 1. The third kappa shape index (κ3) is 1.74. The highest BCUT2D eigenvalue weighted by Gasteiger charge is 2.11. The zero-order valence-corrected chi connectivity index (χ0v) is 8.42. The Morgan fingerprint density at radius 1 is 1.58 bits per heavy atom. The van der Waals surface area contributed by atoms with Gasteiger partial charge in [0.05, 0.1) is 5.56 Å². The van der Waals surface area contributed by atoms with Crippen molar-refractivity contribution in [2.75, 3.05) is 0 Å². The fourth-order valence-electron chi connectivity index (χ4n) is 0.881. The van der Waals surface area contributed by atoms with Crippen molar-refractivity contribution in [1.82, 2.24) is 0 Å². The molecule has 4 heteroatoms. The van der Waals surface area contributed by atoms with Gasteiger partial charge in [-0.15, -0.1) is 0 Å². The van der Waals surface area contributed by atoms with Gasteiger partial charge in [0.1, 0.15) is 5.82 Å². The minimum Gasteiger partial charge on any atom is -0.478 e. The van der Waals surface area contributed by atoms with Crippen LogP contribution in [0.4, 0.5) is 4.39 Å². The van der Waals surface area contributed by atoms with Crippen molar-refractivity contribution in [3.8, 4) is 0 Å². The number of hydrogen-bond donors (Lipinski definition) is 1. The normalized spacial score (nSPS) is 9.92. The number of carboxylic acids is 1. The number of carbonyl (C=O) groups is 1. The molecule has 64 valence electrons. The van der Waals surface area contributed by atoms with Gasteiger partial charge in [0.25, 0.3) is 0 Å². The lowest BCUT2D eigenvalue weighted by molar-refractivity contribution is 0.0695. The van der Waals surface area contributed by atoms with E-state index in [0.717, 1.165) is 6.07 Å². The number of halogens is 2. The maximum atomic E-state index is 12.7. The number of rotatable bonds is 1. The Morgan fingerprint density at radius 3 is 2.67 bits per heavy atom. The molecule has 0 atom stereocenters. The van der Waals surface area contributed by atoms with Crippen molar-refractivity contribution >= 4 is 28.6 Å². The van der Waals surface area contributed by atoms with E-state index in [1.165, 1.54) is 6.07 Å². The van der Waals surface area contributed by atoms with Crippen LogP contribution in [0, 0.1) is 16.3 Å². The van der Waals surface area contributed by atoms with Crippen LogP contribution in [-0.2, 0) is 0 Å². The summed E-state index contributed by atoms with van der Waals surface area (Å²) in [6, 6.07) is 2.34. The molecule has 0 aliphatic heterocycles. The second-order valence-electron chi connectivity index (χ2n) is 2.39. The van der Waals surface area contributed by atoms with Crippen LogP contribution in [0.5, 0.6) is 0 Å². The highest BCUT2D eigenvalue weighted by atomic mass is 127. The SMILES string of the molecule is Cc1cc(F)cc(C(=O)O)c1I. The Bertz CT molecular complexity index is 336. The predicted octanol–water partition coefficient (Wildman–Crippen LogP) is 2.44. The first-order chi connectivity index (χ1) is 5.52. The lowest BCUT2D eigenvalue weighted by Crippen LogP contribution is -2.02. The summed E-state index contributed by atoms with van der Waals surface area (Å²) >= 11 is 1.89. The van der Waals surface area contributed by atoms with Gasteiger partial charge < -0.3 is 5.11 Å². The van der Waals surface area contributed by atoms with Gasteiger partial charge >= 0.3 is 5.97 Å². The first kappa shape index (κ1) is 9.44. The smallest absolute Gasteiger partial charge is 0.336 e. The zero-order chi connectivity index (χ0) is 9.30. The number of carboxylic acid groups (broad SMARTS) is 1. The molecular weight excluding hydrogens is 274 g/mol. The molecule has 0 spiro atoms. The molecule has 0 amide bonds. The molecule has 0 radical (unpaired) electrons. The largest absolute Gasteiger partial charge is 0.478 e. The van der Waals surface area contributed by atoms with Crippen LogP contribution in [-0.4, -0.2) is 11.1 Å². The molecule has 2 nitrogen and oxygen atoms in total. The minimum atomic E-state index is -1.10. The van der Waals surface area contributed by atoms with E-state index in [1.54, 1.807) is 6.92 Å². The summed E-state index contributed by atoms with van der Waals surface area (Å²) in [5.74, 6) is -1.60. The fourth-order valence-corrected chi connectivity index (χ4v) is 1.42. The zero-order valence-electron chi connectivity index (χ0n) is 6.27. The quantitative estimate of drug-likeness (QED) is 0.802. The maximum Gasteiger partial charge on any atom is 0.336 e. The fraction of sp³-hybridized carbons (Fsp3) is 0.125. The predicted molar refractivity (Wildman–Crippen MR) is 50.8 cm³/mol. The van der Waals surface area contributed by atoms with Crippen molar-refractivity contribution in [3.63, 3.8) is 0 Å². The molecule has 0 bridgehead atoms. The van der Waals surface area contributed by atoms with E-state index < -0.39 is 11.8 Å². The van der Waals surface area contributed by atoms with Gasteiger partial charge in [0.2, 0.25) is 0 Å². The summed E-state index contributed by atoms with van der Waals surface area (Å²) in [4.78, 5) is 10.6. The van der Waals surface area contributed by atoms with Gasteiger partial charge in [-0.2, -0.15) is 0 Å². The van der Waals surface area contributed by atoms with E-state index in [-0.39, 0.29) is 5.56 Å². The van der Waals surface area contributed by atoms with Crippen LogP contribution < -0.4 is 0 Å². The number of aryl methyl sites for hydroxylation is 1. The molecule has 1 aromatic rings. The second kappa shape index (κ2) is 3.38. The molecule has 1 rings (SSSR count). The van der Waals surface area contributed by atoms with E-state index in [9.17, 15) is 9.18 Å². The van der Waals surface area contributed by atoms with E-state index >= 15 is 0 Å². The van der Waals surface area contributed by atoms with Crippen molar-refractivity contribution in [3.05, 3.63) is 32.6 Å². The third-order valence-corrected chi connectivity index (χ3v) is 2.88. The molecule has 0 aliphatic rings. The van der Waals surface area contributed by atoms with Gasteiger partial charge in [0.15, 0.2) is 0 Å². The van der Waals surface area contributed by atoms with Crippen LogP contribution in [0.15, 0.2) is 12.1 Å². The molecule has 0 heterocycles. The highest BCUT2D eigenvalue weighted by Crippen LogP contribution is 2.18. The van der Waals surface area contributed by atoms with Crippen LogP contribution in [0.3, 0.4) is 0 Å². The topological polar surface area (TPSA) is 37.3 Å². The minimum absolute atomic E-state index is 0.0214. The summed E-state index contributed by atoms with van der Waals surface area (Å²) in [6.45, 7) is 1.68. The van der Waals surface area contributed by atoms with Crippen LogP contribution in [0.2, 0.25) is 0 Å². The summed E-state index contributed by atoms with van der Waals surface area (Å²) in [6.07, 6.45) is 0. The highest BCUT2D eigenvalue weighted by molar-refractivity contribution is 14.1. The van der Waals surface area contributed by atoms with Crippen molar-refractivity contribution in [2.45, 2.75) is 6.92 Å². The van der Waals surface area contributed by atoms with Crippen molar-refractivity contribution in [2.24, 2.45) is 0 Å². The lowest BCUT2D eigenvalue weighted by atomic mass is 10.1. The Balaban J connectivity index is 3.37. The number of aromatic carboxylic acids is 1. The van der Waals surface area contributed by atoms with Crippen LogP contribution in [0.25, 0.3) is 0 Å². The third-order valence-electron chi connectivity index (χ3n) is 1.45.